The van der Waals surface area contributed by atoms with E-state index in [1.54, 1.807) is 12.1 Å². The van der Waals surface area contributed by atoms with Gasteiger partial charge in [0.2, 0.25) is 0 Å². The molecule has 3 nitrogen and oxygen atoms in total. The fourth-order valence-corrected chi connectivity index (χ4v) is 2.28. The Morgan fingerprint density at radius 1 is 1.10 bits per heavy atom. The van der Waals surface area contributed by atoms with Gasteiger partial charge in [-0.1, -0.05) is 20.8 Å². The molecule has 1 heterocycles. The Labute approximate surface area is 134 Å². The highest BCUT2D eigenvalue weighted by atomic mass is 79.9. The number of nitrogens with zero attached hydrogens (tertiary/aromatic N) is 2. The molecular formula is C14H14Br2FN3. The molecule has 20 heavy (non-hydrogen) atoms. The van der Waals surface area contributed by atoms with Crippen LogP contribution < -0.4 is 5.32 Å². The number of nitrogens with one attached hydrogen (secondary N) is 1. The Kier molecular flexibility index (Phi) is 4.44. The molecule has 0 aliphatic carbocycles. The highest BCUT2D eigenvalue weighted by Gasteiger charge is 2.19. The number of hydrogen-bond donors (Lipinski definition) is 1. The second kappa shape index (κ2) is 5.77. The van der Waals surface area contributed by atoms with Crippen molar-refractivity contribution in [1.82, 2.24) is 9.97 Å². The molecule has 0 saturated carbocycles. The number of benzene rings is 1. The predicted octanol–water partition coefficient (Wildman–Crippen LogP) is 5.18. The van der Waals surface area contributed by atoms with Crippen LogP contribution in [0.4, 0.5) is 15.9 Å². The van der Waals surface area contributed by atoms with E-state index in [1.165, 1.54) is 12.1 Å². The van der Waals surface area contributed by atoms with Crippen LogP contribution in [-0.2, 0) is 5.41 Å². The lowest BCUT2D eigenvalue weighted by atomic mass is 9.96. The molecule has 0 radical (unpaired) electrons. The molecule has 1 N–H and O–H groups in total. The topological polar surface area (TPSA) is 37.8 Å². The van der Waals surface area contributed by atoms with Gasteiger partial charge in [-0.3, -0.25) is 0 Å². The van der Waals surface area contributed by atoms with E-state index in [0.717, 1.165) is 4.47 Å². The maximum Gasteiger partial charge on any atom is 0.137 e. The van der Waals surface area contributed by atoms with Crippen molar-refractivity contribution in [2.24, 2.45) is 0 Å². The number of aromatic nitrogens is 2. The summed E-state index contributed by atoms with van der Waals surface area (Å²) in [4.78, 5) is 8.84. The van der Waals surface area contributed by atoms with E-state index in [-0.39, 0.29) is 11.2 Å². The summed E-state index contributed by atoms with van der Waals surface area (Å²) >= 11 is 6.76. The predicted molar refractivity (Wildman–Crippen MR) is 85.8 cm³/mol. The van der Waals surface area contributed by atoms with Gasteiger partial charge in [0.15, 0.2) is 0 Å². The average molecular weight is 403 g/mol. The SMILES string of the molecule is CC(C)(C)c1nc(Br)cc(Nc2cc(F)ccc2Br)n1. The molecule has 0 aliphatic rings. The zero-order chi connectivity index (χ0) is 14.9. The lowest BCUT2D eigenvalue weighted by Crippen LogP contribution is -2.17. The van der Waals surface area contributed by atoms with Crippen molar-refractivity contribution in [3.8, 4) is 0 Å². The van der Waals surface area contributed by atoms with Crippen molar-refractivity contribution in [2.75, 3.05) is 5.32 Å². The molecule has 1 aromatic carbocycles. The summed E-state index contributed by atoms with van der Waals surface area (Å²) in [6.07, 6.45) is 0. The van der Waals surface area contributed by atoms with E-state index < -0.39 is 0 Å². The Morgan fingerprint density at radius 3 is 2.45 bits per heavy atom. The van der Waals surface area contributed by atoms with Gasteiger partial charge in [0.25, 0.3) is 0 Å². The summed E-state index contributed by atoms with van der Waals surface area (Å²) in [5.41, 5.74) is 0.454. The van der Waals surface area contributed by atoms with Gasteiger partial charge in [-0.05, 0) is 50.1 Å². The number of hydrogen-bond acceptors (Lipinski definition) is 3. The van der Waals surface area contributed by atoms with Crippen molar-refractivity contribution in [3.05, 3.63) is 45.0 Å². The molecule has 2 aromatic rings. The van der Waals surface area contributed by atoms with E-state index in [4.69, 9.17) is 0 Å². The van der Waals surface area contributed by atoms with Crippen molar-refractivity contribution in [1.29, 1.82) is 0 Å². The minimum Gasteiger partial charge on any atom is -0.339 e. The smallest absolute Gasteiger partial charge is 0.137 e. The maximum absolute atomic E-state index is 13.3. The fourth-order valence-electron chi connectivity index (χ4n) is 1.55. The number of rotatable bonds is 2. The highest BCUT2D eigenvalue weighted by Crippen LogP contribution is 2.28. The third-order valence-corrected chi connectivity index (χ3v) is 3.65. The summed E-state index contributed by atoms with van der Waals surface area (Å²) in [6, 6.07) is 6.22. The summed E-state index contributed by atoms with van der Waals surface area (Å²) in [5.74, 6) is 1.02. The minimum atomic E-state index is -0.306. The largest absolute Gasteiger partial charge is 0.339 e. The third-order valence-electron chi connectivity index (χ3n) is 2.56. The van der Waals surface area contributed by atoms with Crippen molar-refractivity contribution in [2.45, 2.75) is 26.2 Å². The molecule has 0 fully saturated rings. The van der Waals surface area contributed by atoms with E-state index in [2.05, 4.69) is 47.1 Å². The van der Waals surface area contributed by atoms with Gasteiger partial charge in [0.1, 0.15) is 22.1 Å². The van der Waals surface area contributed by atoms with Crippen LogP contribution in [-0.4, -0.2) is 9.97 Å². The summed E-state index contributed by atoms with van der Waals surface area (Å²) in [5, 5.41) is 3.10. The zero-order valence-corrected chi connectivity index (χ0v) is 14.5. The van der Waals surface area contributed by atoms with Gasteiger partial charge in [-0.2, -0.15) is 0 Å². The van der Waals surface area contributed by atoms with Crippen LogP contribution in [0, 0.1) is 5.82 Å². The lowest BCUT2D eigenvalue weighted by Gasteiger charge is -2.18. The first-order valence-corrected chi connectivity index (χ1v) is 7.61. The molecule has 0 aliphatic heterocycles. The zero-order valence-electron chi connectivity index (χ0n) is 11.3. The van der Waals surface area contributed by atoms with Gasteiger partial charge in [0.05, 0.1) is 5.69 Å². The summed E-state index contributed by atoms with van der Waals surface area (Å²) in [6.45, 7) is 6.12. The molecule has 0 bridgehead atoms. The maximum atomic E-state index is 13.3. The first-order chi connectivity index (χ1) is 9.25. The quantitative estimate of drug-likeness (QED) is 0.703. The van der Waals surface area contributed by atoms with Crippen LogP contribution >= 0.6 is 31.9 Å². The van der Waals surface area contributed by atoms with E-state index in [0.29, 0.717) is 21.9 Å². The second-order valence-corrected chi connectivity index (χ2v) is 7.07. The highest BCUT2D eigenvalue weighted by molar-refractivity contribution is 9.10. The van der Waals surface area contributed by atoms with Crippen molar-refractivity contribution >= 4 is 43.4 Å². The molecule has 6 heteroatoms. The minimum absolute atomic E-state index is 0.167. The van der Waals surface area contributed by atoms with Crippen LogP contribution in [0.15, 0.2) is 33.3 Å². The van der Waals surface area contributed by atoms with Crippen LogP contribution in [0.5, 0.6) is 0 Å². The Morgan fingerprint density at radius 2 is 1.80 bits per heavy atom. The fraction of sp³-hybridized carbons (Fsp3) is 0.286. The van der Waals surface area contributed by atoms with Gasteiger partial charge >= 0.3 is 0 Å². The van der Waals surface area contributed by atoms with Crippen LogP contribution in [0.3, 0.4) is 0 Å². The van der Waals surface area contributed by atoms with E-state index in [1.807, 2.05) is 20.8 Å². The monoisotopic (exact) mass is 401 g/mol. The first-order valence-electron chi connectivity index (χ1n) is 6.03. The Balaban J connectivity index is 2.39. The van der Waals surface area contributed by atoms with Crippen molar-refractivity contribution < 1.29 is 4.39 Å². The molecule has 106 valence electrons. The van der Waals surface area contributed by atoms with Crippen LogP contribution in [0.25, 0.3) is 0 Å². The molecule has 0 saturated heterocycles. The molecule has 0 atom stereocenters. The van der Waals surface area contributed by atoms with Gasteiger partial charge in [-0.25, -0.2) is 14.4 Å². The van der Waals surface area contributed by atoms with Gasteiger partial charge < -0.3 is 5.32 Å². The molecule has 2 rings (SSSR count). The molecule has 0 unspecified atom stereocenters. The van der Waals surface area contributed by atoms with Crippen LogP contribution in [0.2, 0.25) is 0 Å². The van der Waals surface area contributed by atoms with Crippen molar-refractivity contribution in [3.63, 3.8) is 0 Å². The molecule has 0 amide bonds. The van der Waals surface area contributed by atoms with Gasteiger partial charge in [-0.15, -0.1) is 0 Å². The molecular weight excluding hydrogens is 389 g/mol. The molecule has 0 spiro atoms. The Hall–Kier alpha value is -1.01. The third kappa shape index (κ3) is 3.76. The first kappa shape index (κ1) is 15.4. The van der Waals surface area contributed by atoms with Gasteiger partial charge in [0, 0.05) is 16.0 Å². The second-order valence-electron chi connectivity index (χ2n) is 5.40. The van der Waals surface area contributed by atoms with Crippen LogP contribution in [0.1, 0.15) is 26.6 Å². The Bertz CT molecular complexity index is 639. The summed E-state index contributed by atoms with van der Waals surface area (Å²) in [7, 11) is 0. The van der Waals surface area contributed by atoms with E-state index in [9.17, 15) is 4.39 Å². The summed E-state index contributed by atoms with van der Waals surface area (Å²) < 4.78 is 14.8. The van der Waals surface area contributed by atoms with E-state index >= 15 is 0 Å². The average Bonchev–Trinajstić information content (AvgIpc) is 2.32. The number of anilines is 2. The molecule has 1 aromatic heterocycles. The number of halogens is 3. The standard InChI is InChI=1S/C14H14Br2FN3/c1-14(2,3)13-19-11(16)7-12(20-13)18-10-6-8(17)4-5-9(10)15/h4-7H,1-3H3,(H,18,19,20). The lowest BCUT2D eigenvalue weighted by molar-refractivity contribution is 0.544. The normalized spacial score (nSPS) is 11.5.